The van der Waals surface area contributed by atoms with Crippen LogP contribution >= 0.6 is 11.6 Å². The van der Waals surface area contributed by atoms with E-state index in [1.165, 1.54) is 16.7 Å². The first kappa shape index (κ1) is 34.6. The number of aliphatic imine (C=N–C) groups is 1. The molecule has 1 atom stereocenters. The van der Waals surface area contributed by atoms with E-state index in [4.69, 9.17) is 25.8 Å². The van der Waals surface area contributed by atoms with E-state index in [-0.39, 0.29) is 6.61 Å². The molecule has 0 bridgehead atoms. The number of rotatable bonds is 16. The van der Waals surface area contributed by atoms with Crippen molar-refractivity contribution in [2.75, 3.05) is 20.2 Å². The molecule has 4 rings (SSSR count). The lowest BCUT2D eigenvalue weighted by Crippen LogP contribution is -2.26. The van der Waals surface area contributed by atoms with Crippen LogP contribution < -0.4 is 14.8 Å². The van der Waals surface area contributed by atoms with Crippen LogP contribution in [0, 0.1) is 19.8 Å². The van der Waals surface area contributed by atoms with Crippen LogP contribution in [0.3, 0.4) is 0 Å². The maximum absolute atomic E-state index is 11.3. The summed E-state index contributed by atoms with van der Waals surface area (Å²) in [5, 5.41) is 12.9. The Bertz CT molecular complexity index is 1670. The van der Waals surface area contributed by atoms with Gasteiger partial charge in [0.15, 0.2) is 0 Å². The molecular formula is C37H42ClN3O5. The topological polar surface area (TPSA) is 102 Å². The quantitative estimate of drug-likeness (QED) is 0.121. The van der Waals surface area contributed by atoms with E-state index >= 15 is 0 Å². The number of pyridine rings is 1. The van der Waals surface area contributed by atoms with E-state index in [9.17, 15) is 9.90 Å². The highest BCUT2D eigenvalue weighted by atomic mass is 35.5. The van der Waals surface area contributed by atoms with Gasteiger partial charge in [0.05, 0.1) is 17.5 Å². The van der Waals surface area contributed by atoms with Gasteiger partial charge in [-0.25, -0.2) is 0 Å². The van der Waals surface area contributed by atoms with E-state index in [0.717, 1.165) is 33.4 Å². The summed E-state index contributed by atoms with van der Waals surface area (Å²) >= 11 is 6.74. The molecule has 4 aromatic rings. The number of benzene rings is 3. The van der Waals surface area contributed by atoms with Crippen LogP contribution in [-0.2, 0) is 35.9 Å². The molecule has 46 heavy (non-hydrogen) atoms. The standard InChI is InChI=1S/C37H42ClN3O5/c1-6-44-22-29-9-7-11-32(25(29)3)33-12-8-10-30(26(33)4)23-46-36-15-35(45-21-28-13-27(17-39-5)18-41-19-28)31(14-34(36)38)20-40-16-24(2)37(42)43/h7-15,17-19,24,40H,6,16,20-23H2,1-5H3,(H,42,43)/b39-17+/t24-/m0/s1. The molecule has 0 spiro atoms. The zero-order valence-electron chi connectivity index (χ0n) is 27.1. The van der Waals surface area contributed by atoms with Crippen LogP contribution in [0.5, 0.6) is 11.5 Å². The second-order valence-electron chi connectivity index (χ2n) is 11.2. The van der Waals surface area contributed by atoms with Crippen molar-refractivity contribution in [3.8, 4) is 22.6 Å². The number of nitrogens with one attached hydrogen (secondary N) is 1. The summed E-state index contributed by atoms with van der Waals surface area (Å²) in [6, 6.07) is 18.1. The largest absolute Gasteiger partial charge is 0.488 e. The van der Waals surface area contributed by atoms with Crippen molar-refractivity contribution in [3.63, 3.8) is 0 Å². The average Bonchev–Trinajstić information content (AvgIpc) is 3.04. The summed E-state index contributed by atoms with van der Waals surface area (Å²) in [6.07, 6.45) is 5.22. The Morgan fingerprint density at radius 1 is 0.957 bits per heavy atom. The Morgan fingerprint density at radius 2 is 1.63 bits per heavy atom. The number of ether oxygens (including phenoxy) is 3. The summed E-state index contributed by atoms with van der Waals surface area (Å²) in [5.74, 6) is -0.325. The molecule has 9 heteroatoms. The molecule has 1 aromatic heterocycles. The minimum Gasteiger partial charge on any atom is -0.488 e. The third-order valence-electron chi connectivity index (χ3n) is 7.82. The maximum atomic E-state index is 11.3. The Kier molecular flexibility index (Phi) is 12.7. The number of carboxylic acid groups (broad SMARTS) is 1. The van der Waals surface area contributed by atoms with Gasteiger partial charge in [-0.3, -0.25) is 14.8 Å². The normalized spacial score (nSPS) is 12.0. The summed E-state index contributed by atoms with van der Waals surface area (Å²) < 4.78 is 18.3. The second-order valence-corrected chi connectivity index (χ2v) is 11.6. The summed E-state index contributed by atoms with van der Waals surface area (Å²) in [7, 11) is 1.71. The number of hydrogen-bond acceptors (Lipinski definition) is 7. The van der Waals surface area contributed by atoms with Crippen molar-refractivity contribution in [1.82, 2.24) is 10.3 Å². The molecule has 0 aliphatic carbocycles. The third kappa shape index (κ3) is 9.16. The van der Waals surface area contributed by atoms with Gasteiger partial charge < -0.3 is 24.6 Å². The first-order valence-electron chi connectivity index (χ1n) is 15.3. The van der Waals surface area contributed by atoms with Crippen LogP contribution in [-0.4, -0.2) is 42.5 Å². The van der Waals surface area contributed by atoms with Crippen LogP contribution in [0.4, 0.5) is 0 Å². The van der Waals surface area contributed by atoms with Crippen molar-refractivity contribution in [2.24, 2.45) is 10.9 Å². The van der Waals surface area contributed by atoms with Crippen molar-refractivity contribution in [1.29, 1.82) is 0 Å². The lowest BCUT2D eigenvalue weighted by Gasteiger charge is -2.18. The first-order valence-corrected chi connectivity index (χ1v) is 15.7. The molecule has 3 aromatic carbocycles. The minimum absolute atomic E-state index is 0.265. The van der Waals surface area contributed by atoms with E-state index in [0.29, 0.717) is 49.4 Å². The van der Waals surface area contributed by atoms with E-state index in [1.807, 2.05) is 19.1 Å². The number of nitrogens with zero attached hydrogens (tertiary/aromatic N) is 2. The Balaban J connectivity index is 1.57. The van der Waals surface area contributed by atoms with E-state index in [1.54, 1.807) is 44.7 Å². The van der Waals surface area contributed by atoms with Gasteiger partial charge in [-0.1, -0.05) is 54.9 Å². The maximum Gasteiger partial charge on any atom is 0.307 e. The van der Waals surface area contributed by atoms with Crippen LogP contribution in [0.2, 0.25) is 5.02 Å². The van der Waals surface area contributed by atoms with Crippen molar-refractivity contribution in [3.05, 3.63) is 111 Å². The molecule has 2 N–H and O–H groups in total. The summed E-state index contributed by atoms with van der Waals surface area (Å²) in [4.78, 5) is 19.7. The Hall–Kier alpha value is -4.24. The van der Waals surface area contributed by atoms with Gasteiger partial charge in [0.2, 0.25) is 0 Å². The third-order valence-corrected chi connectivity index (χ3v) is 8.11. The van der Waals surface area contributed by atoms with E-state index < -0.39 is 11.9 Å². The number of carboxylic acids is 1. The Morgan fingerprint density at radius 3 is 2.28 bits per heavy atom. The highest BCUT2D eigenvalue weighted by Crippen LogP contribution is 2.35. The van der Waals surface area contributed by atoms with Gasteiger partial charge >= 0.3 is 5.97 Å². The molecule has 0 saturated carbocycles. The molecule has 242 valence electrons. The predicted octanol–water partition coefficient (Wildman–Crippen LogP) is 7.57. The number of aromatic nitrogens is 1. The molecule has 8 nitrogen and oxygen atoms in total. The van der Waals surface area contributed by atoms with Gasteiger partial charge in [-0.05, 0) is 66.3 Å². The van der Waals surface area contributed by atoms with Crippen molar-refractivity contribution < 1.29 is 24.1 Å². The zero-order chi connectivity index (χ0) is 33.1. The van der Waals surface area contributed by atoms with Gasteiger partial charge in [-0.2, -0.15) is 0 Å². The van der Waals surface area contributed by atoms with Crippen molar-refractivity contribution >= 4 is 23.8 Å². The highest BCUT2D eigenvalue weighted by molar-refractivity contribution is 6.32. The van der Waals surface area contributed by atoms with Crippen LogP contribution in [0.1, 0.15) is 52.8 Å². The fourth-order valence-electron chi connectivity index (χ4n) is 5.07. The molecule has 0 fully saturated rings. The molecule has 0 saturated heterocycles. The SMILES string of the molecule is CCOCc1cccc(-c2cccc(COc3cc(OCc4cncc(/C=N/C)c4)c(CNC[C@H](C)C(=O)O)cc3Cl)c2C)c1C. The molecule has 1 heterocycles. The fraction of sp³-hybridized carbons (Fsp3) is 0.324. The second kappa shape index (κ2) is 16.9. The molecular weight excluding hydrogens is 602 g/mol. The van der Waals surface area contributed by atoms with Crippen LogP contribution in [0.15, 0.2) is 72.0 Å². The molecule has 0 amide bonds. The predicted molar refractivity (Wildman–Crippen MR) is 183 cm³/mol. The number of halogens is 1. The van der Waals surface area contributed by atoms with Gasteiger partial charge in [-0.15, -0.1) is 0 Å². The van der Waals surface area contributed by atoms with Gasteiger partial charge in [0.1, 0.15) is 24.7 Å². The van der Waals surface area contributed by atoms with Crippen molar-refractivity contribution in [2.45, 2.75) is 54.1 Å². The summed E-state index contributed by atoms with van der Waals surface area (Å²) in [5.41, 5.74) is 9.40. The molecule has 0 aliphatic rings. The number of aliphatic carboxylic acids is 1. The minimum atomic E-state index is -0.860. The monoisotopic (exact) mass is 643 g/mol. The molecule has 0 unspecified atom stereocenters. The number of carbonyl (C=O) groups is 1. The smallest absolute Gasteiger partial charge is 0.307 e. The first-order chi connectivity index (χ1) is 22.2. The fourth-order valence-corrected chi connectivity index (χ4v) is 5.31. The van der Waals surface area contributed by atoms with Gasteiger partial charge in [0.25, 0.3) is 0 Å². The lowest BCUT2D eigenvalue weighted by atomic mass is 9.92. The lowest BCUT2D eigenvalue weighted by molar-refractivity contribution is -0.140. The highest BCUT2D eigenvalue weighted by Gasteiger charge is 2.16. The molecule has 0 aliphatic heterocycles. The van der Waals surface area contributed by atoms with Crippen LogP contribution in [0.25, 0.3) is 11.1 Å². The molecule has 0 radical (unpaired) electrons. The Labute approximate surface area is 276 Å². The zero-order valence-corrected chi connectivity index (χ0v) is 27.9. The number of hydrogen-bond donors (Lipinski definition) is 2. The van der Waals surface area contributed by atoms with Gasteiger partial charge in [0, 0.05) is 68.1 Å². The summed E-state index contributed by atoms with van der Waals surface area (Å²) in [6.45, 7) is 10.4. The van der Waals surface area contributed by atoms with E-state index in [2.05, 4.69) is 59.5 Å². The average molecular weight is 644 g/mol.